The van der Waals surface area contributed by atoms with Crippen molar-refractivity contribution >= 4 is 11.9 Å². The van der Waals surface area contributed by atoms with E-state index in [1.54, 1.807) is 0 Å². The van der Waals surface area contributed by atoms with Crippen molar-refractivity contribution in [1.82, 2.24) is 0 Å². The minimum Gasteiger partial charge on any atom is -0.550 e. The van der Waals surface area contributed by atoms with E-state index in [4.69, 9.17) is 14.6 Å². The monoisotopic (exact) mass is 726 g/mol. The van der Waals surface area contributed by atoms with Crippen LogP contribution in [0.3, 0.4) is 0 Å². The number of allylic oxidation sites excluding steroid dienone is 4. The van der Waals surface area contributed by atoms with Gasteiger partial charge in [0.25, 0.3) is 0 Å². The number of ether oxygens (including phenoxy) is 2. The second-order valence-corrected chi connectivity index (χ2v) is 14.6. The molecule has 4 fully saturated rings. The van der Waals surface area contributed by atoms with Crippen molar-refractivity contribution in [3.8, 4) is 0 Å². The van der Waals surface area contributed by atoms with Gasteiger partial charge in [0.1, 0.15) is 12.2 Å². The van der Waals surface area contributed by atoms with Gasteiger partial charge < -0.3 is 44.9 Å². The minimum absolute atomic E-state index is 0. The zero-order valence-corrected chi connectivity index (χ0v) is 33.2. The number of fused-ring (bicyclic) bond motifs is 2. The van der Waals surface area contributed by atoms with Crippen LogP contribution in [-0.4, -0.2) is 74.1 Å². The number of carbonyl (C=O) groups is 2. The summed E-state index contributed by atoms with van der Waals surface area (Å²) in [6.45, 7) is 4.28. The Bertz CT molecular complexity index is 1060. The van der Waals surface area contributed by atoms with Gasteiger partial charge in [0.15, 0.2) is 0 Å². The Labute approximate surface area is 327 Å². The van der Waals surface area contributed by atoms with Crippen LogP contribution >= 0.6 is 0 Å². The minimum atomic E-state index is -1.02. The van der Waals surface area contributed by atoms with Gasteiger partial charge in [0, 0.05) is 61.7 Å². The molecule has 51 heavy (non-hydrogen) atoms. The molecule has 2 saturated carbocycles. The topological polar surface area (TPSA) is 177 Å². The van der Waals surface area contributed by atoms with Gasteiger partial charge in [-0.15, -0.1) is 0 Å². The molecule has 0 aromatic heterocycles. The van der Waals surface area contributed by atoms with Crippen molar-refractivity contribution in [2.75, 3.05) is 0 Å². The first-order chi connectivity index (χ1) is 24.0. The molecule has 4 rings (SSSR count). The molecule has 11 heteroatoms. The molecule has 2 saturated heterocycles. The number of hydrogen-bond acceptors (Lipinski definition) is 9. The summed E-state index contributed by atoms with van der Waals surface area (Å²) < 4.78 is 11.9. The third kappa shape index (κ3) is 16.1. The maximum absolute atomic E-state index is 10.5. The summed E-state index contributed by atoms with van der Waals surface area (Å²) in [5.41, 5.74) is 0. The Balaban J connectivity index is 0.000000347. The summed E-state index contributed by atoms with van der Waals surface area (Å²) in [4.78, 5) is 21.0. The van der Waals surface area contributed by atoms with Gasteiger partial charge in [-0.1, -0.05) is 76.7 Å². The number of aliphatic hydroxyl groups is 4. The van der Waals surface area contributed by atoms with Crippen LogP contribution in [0, 0.1) is 23.7 Å². The van der Waals surface area contributed by atoms with Crippen LogP contribution in [0.2, 0.25) is 0 Å². The van der Waals surface area contributed by atoms with Crippen LogP contribution in [0.15, 0.2) is 48.0 Å². The number of carboxylic acid groups (broad SMARTS) is 2. The Morgan fingerprint density at radius 3 is 1.57 bits per heavy atom. The third-order valence-corrected chi connectivity index (χ3v) is 10.5. The molecular formula is C40H63NaO10. The van der Waals surface area contributed by atoms with E-state index < -0.39 is 36.4 Å². The summed E-state index contributed by atoms with van der Waals surface area (Å²) >= 11 is 0. The molecule has 0 spiro atoms. The zero-order chi connectivity index (χ0) is 36.5. The van der Waals surface area contributed by atoms with E-state index in [0.717, 1.165) is 75.7 Å². The average Bonchev–Trinajstić information content (AvgIpc) is 3.79. The van der Waals surface area contributed by atoms with Crippen LogP contribution < -0.4 is 34.7 Å². The molecule has 2 aliphatic carbocycles. The van der Waals surface area contributed by atoms with E-state index in [-0.39, 0.29) is 78.3 Å². The second kappa shape index (κ2) is 24.6. The summed E-state index contributed by atoms with van der Waals surface area (Å²) in [5.74, 6) is 0.565. The second-order valence-electron chi connectivity index (χ2n) is 14.6. The molecule has 10 nitrogen and oxygen atoms in total. The zero-order valence-electron chi connectivity index (χ0n) is 31.2. The fourth-order valence-electron chi connectivity index (χ4n) is 7.71. The first-order valence-corrected chi connectivity index (χ1v) is 19.2. The Kier molecular flexibility index (Phi) is 22.0. The van der Waals surface area contributed by atoms with Crippen LogP contribution in [0.5, 0.6) is 0 Å². The molecule has 284 valence electrons. The average molecular weight is 727 g/mol. The quantitative estimate of drug-likeness (QED) is 0.0712. The largest absolute Gasteiger partial charge is 1.00 e. The van der Waals surface area contributed by atoms with Crippen LogP contribution in [0.1, 0.15) is 129 Å². The van der Waals surface area contributed by atoms with Gasteiger partial charge in [-0.25, -0.2) is 0 Å². The smallest absolute Gasteiger partial charge is 0.550 e. The summed E-state index contributed by atoms with van der Waals surface area (Å²) in [6, 6.07) is 0. The van der Waals surface area contributed by atoms with E-state index in [0.29, 0.717) is 38.5 Å². The van der Waals surface area contributed by atoms with Crippen molar-refractivity contribution in [2.45, 2.75) is 166 Å². The molecule has 10 atom stereocenters. The Morgan fingerprint density at radius 2 is 1.18 bits per heavy atom. The number of aliphatic hydroxyl groups excluding tert-OH is 4. The van der Waals surface area contributed by atoms with E-state index in [1.807, 2.05) is 36.5 Å². The molecular weight excluding hydrogens is 663 g/mol. The summed E-state index contributed by atoms with van der Waals surface area (Å²) in [6.07, 6.45) is 23.6. The van der Waals surface area contributed by atoms with Crippen molar-refractivity contribution in [3.05, 3.63) is 48.0 Å². The molecule has 2 heterocycles. The van der Waals surface area contributed by atoms with E-state index in [9.17, 15) is 35.1 Å². The van der Waals surface area contributed by atoms with E-state index in [2.05, 4.69) is 13.8 Å². The normalized spacial score (nSPS) is 30.8. The molecule has 5 N–H and O–H groups in total. The molecule has 0 unspecified atom stereocenters. The van der Waals surface area contributed by atoms with Gasteiger partial charge in [0.2, 0.25) is 0 Å². The maximum atomic E-state index is 10.5. The molecule has 0 amide bonds. The number of carbonyl (C=O) groups excluding carboxylic acids is 1. The van der Waals surface area contributed by atoms with Crippen LogP contribution in [0.25, 0.3) is 0 Å². The maximum Gasteiger partial charge on any atom is 1.00 e. The van der Waals surface area contributed by atoms with Crippen molar-refractivity contribution in [2.24, 2.45) is 23.7 Å². The third-order valence-electron chi connectivity index (χ3n) is 10.5. The van der Waals surface area contributed by atoms with E-state index in [1.165, 1.54) is 0 Å². The Morgan fingerprint density at radius 1 is 0.745 bits per heavy atom. The number of aliphatic carboxylic acids is 2. The fourth-order valence-corrected chi connectivity index (χ4v) is 7.71. The Hall–Kier alpha value is -1.66. The van der Waals surface area contributed by atoms with Gasteiger partial charge in [-0.2, -0.15) is 0 Å². The number of hydrogen-bond donors (Lipinski definition) is 5. The number of rotatable bonds is 20. The fraction of sp³-hybridized carbons (Fsp3) is 0.750. The van der Waals surface area contributed by atoms with Crippen molar-refractivity contribution in [1.29, 1.82) is 0 Å². The standard InChI is InChI=1S/2C20H32O5.Na/c2*1-2-3-4-7-14(21)10-11-16-17-12-15(8-5-6-9-20(23)24)25-19(17)13-18(16)22;/h2*8,10-11,14,16-19,21-22H,2-7,9,12-13H2,1H3,(H,23,24);/q;;+1/p-1/b2*11-10+,15-8-;/t2*14-,16+,17+,18+,19-;/m00./s1. The van der Waals surface area contributed by atoms with Crippen molar-refractivity contribution in [3.63, 3.8) is 0 Å². The SMILES string of the molecule is CCCCC[C@H](O)/C=C/[C@@H]1[C@H]2C/C(=C/CCCC(=O)O)O[C@H]2C[C@H]1O.CCCCC[C@H](O)/C=C/[C@@H]1[C@H]2C/C(=C/CCCC(=O)[O-])O[C@H]2C[C@H]1O.[Na+]. The van der Waals surface area contributed by atoms with Crippen molar-refractivity contribution < 1.29 is 79.3 Å². The van der Waals surface area contributed by atoms with Gasteiger partial charge in [-0.05, 0) is 57.1 Å². The summed E-state index contributed by atoms with van der Waals surface area (Å²) in [7, 11) is 0. The molecule has 2 aliphatic heterocycles. The van der Waals surface area contributed by atoms with Gasteiger partial charge in [-0.3, -0.25) is 4.79 Å². The molecule has 4 aliphatic rings. The van der Waals surface area contributed by atoms with Gasteiger partial charge >= 0.3 is 35.5 Å². The number of unbranched alkanes of at least 4 members (excludes halogenated alkanes) is 6. The van der Waals surface area contributed by atoms with Crippen LogP contribution in [0.4, 0.5) is 0 Å². The number of carboxylic acids is 2. The van der Waals surface area contributed by atoms with E-state index >= 15 is 0 Å². The first-order valence-electron chi connectivity index (χ1n) is 19.2. The van der Waals surface area contributed by atoms with Crippen LogP contribution in [-0.2, 0) is 19.1 Å². The summed E-state index contributed by atoms with van der Waals surface area (Å²) in [5, 5.41) is 59.7. The molecule has 0 aromatic carbocycles. The predicted octanol–water partition coefficient (Wildman–Crippen LogP) is 2.49. The predicted molar refractivity (Wildman–Crippen MR) is 189 cm³/mol. The molecule has 0 radical (unpaired) electrons. The van der Waals surface area contributed by atoms with Gasteiger partial charge in [0.05, 0.1) is 35.9 Å². The molecule has 0 bridgehead atoms. The molecule has 0 aromatic rings. The first kappa shape index (κ1) is 45.5.